The van der Waals surface area contributed by atoms with Gasteiger partial charge in [0.1, 0.15) is 0 Å². The van der Waals surface area contributed by atoms with Crippen molar-refractivity contribution in [1.82, 2.24) is 4.90 Å². The van der Waals surface area contributed by atoms with Gasteiger partial charge in [-0.2, -0.15) is 0 Å². The molecule has 1 aliphatic heterocycles. The average molecular weight is 145 g/mol. The van der Waals surface area contributed by atoms with Crippen LogP contribution in [0.15, 0.2) is 0 Å². The summed E-state index contributed by atoms with van der Waals surface area (Å²) in [6.07, 6.45) is -0.122. The van der Waals surface area contributed by atoms with Crippen LogP contribution in [-0.2, 0) is 0 Å². The van der Waals surface area contributed by atoms with Gasteiger partial charge in [0.2, 0.25) is 0 Å². The summed E-state index contributed by atoms with van der Waals surface area (Å²) >= 11 is 0. The summed E-state index contributed by atoms with van der Waals surface area (Å²) in [6.45, 7) is 4.38. The Balaban J connectivity index is 2.35. The molecule has 0 amide bonds. The molecule has 1 heterocycles. The summed E-state index contributed by atoms with van der Waals surface area (Å²) in [5, 5.41) is 18.4. The molecule has 0 bridgehead atoms. The van der Waals surface area contributed by atoms with Gasteiger partial charge in [-0.05, 0) is 6.54 Å². The first-order valence-corrected chi connectivity index (χ1v) is 3.81. The number of nitrogens with zero attached hydrogens (tertiary/aromatic N) is 1. The fraction of sp³-hybridized carbons (Fsp3) is 1.00. The summed E-state index contributed by atoms with van der Waals surface area (Å²) in [5.41, 5.74) is 0. The van der Waals surface area contributed by atoms with E-state index in [2.05, 4.69) is 4.90 Å². The third kappa shape index (κ3) is 1.94. The van der Waals surface area contributed by atoms with E-state index in [1.165, 1.54) is 0 Å². The Morgan fingerprint density at radius 2 is 1.80 bits per heavy atom. The standard InChI is InChI=1S/C7H15NO2/c1-2-8-4-6(9)3-7(10)5-8/h6-7,9-10H,2-5H2,1H3/t6-,7+. The number of aliphatic hydroxyl groups is 2. The number of likely N-dealkylation sites (tertiary alicyclic amines) is 1. The van der Waals surface area contributed by atoms with Gasteiger partial charge in [-0.1, -0.05) is 6.92 Å². The maximum atomic E-state index is 9.18. The van der Waals surface area contributed by atoms with Crippen molar-refractivity contribution < 1.29 is 10.2 Å². The quantitative estimate of drug-likeness (QED) is 0.519. The molecule has 0 aliphatic carbocycles. The molecule has 1 rings (SSSR count). The summed E-state index contributed by atoms with van der Waals surface area (Å²) in [4.78, 5) is 2.05. The molecular weight excluding hydrogens is 130 g/mol. The number of rotatable bonds is 1. The molecule has 0 spiro atoms. The molecule has 0 unspecified atom stereocenters. The van der Waals surface area contributed by atoms with E-state index in [9.17, 15) is 10.2 Å². The van der Waals surface area contributed by atoms with Crippen molar-refractivity contribution >= 4 is 0 Å². The molecule has 0 radical (unpaired) electrons. The molecule has 0 aromatic rings. The van der Waals surface area contributed by atoms with E-state index in [4.69, 9.17) is 0 Å². The zero-order valence-corrected chi connectivity index (χ0v) is 6.32. The van der Waals surface area contributed by atoms with Crippen LogP contribution >= 0.6 is 0 Å². The summed E-state index contributed by atoms with van der Waals surface area (Å²) in [5.74, 6) is 0. The largest absolute Gasteiger partial charge is 0.392 e. The van der Waals surface area contributed by atoms with Crippen LogP contribution < -0.4 is 0 Å². The van der Waals surface area contributed by atoms with Crippen LogP contribution in [0.5, 0.6) is 0 Å². The summed E-state index contributed by atoms with van der Waals surface area (Å²) in [7, 11) is 0. The Morgan fingerprint density at radius 1 is 1.30 bits per heavy atom. The van der Waals surface area contributed by atoms with Crippen LogP contribution in [0.2, 0.25) is 0 Å². The molecule has 0 aromatic heterocycles. The van der Waals surface area contributed by atoms with Crippen LogP contribution in [0.1, 0.15) is 13.3 Å². The van der Waals surface area contributed by atoms with Gasteiger partial charge in [-0.15, -0.1) is 0 Å². The SMILES string of the molecule is CCN1C[C@H](O)C[C@H](O)C1. The second kappa shape index (κ2) is 3.32. The van der Waals surface area contributed by atoms with E-state index in [1.807, 2.05) is 6.92 Å². The average Bonchev–Trinajstić information content (AvgIpc) is 1.85. The molecule has 1 fully saturated rings. The maximum absolute atomic E-state index is 9.18. The molecule has 0 saturated carbocycles. The predicted octanol–water partition coefficient (Wildman–Crippen LogP) is -0.566. The van der Waals surface area contributed by atoms with Crippen molar-refractivity contribution in [2.45, 2.75) is 25.6 Å². The van der Waals surface area contributed by atoms with E-state index in [1.54, 1.807) is 0 Å². The smallest absolute Gasteiger partial charge is 0.0692 e. The highest BCUT2D eigenvalue weighted by Crippen LogP contribution is 2.09. The Labute approximate surface area is 61.3 Å². The van der Waals surface area contributed by atoms with Crippen molar-refractivity contribution in [2.24, 2.45) is 0 Å². The highest BCUT2D eigenvalue weighted by Gasteiger charge is 2.22. The molecule has 3 heteroatoms. The van der Waals surface area contributed by atoms with Crippen LogP contribution in [-0.4, -0.2) is 47.0 Å². The normalized spacial score (nSPS) is 36.3. The van der Waals surface area contributed by atoms with Crippen LogP contribution in [0.4, 0.5) is 0 Å². The number of β-amino-alcohol motifs (C(OH)–C–C–N with tert-alkyl or cyclic N) is 2. The number of aliphatic hydroxyl groups excluding tert-OH is 2. The number of likely N-dealkylation sites (N-methyl/N-ethyl adjacent to an activating group) is 1. The Hall–Kier alpha value is -0.120. The van der Waals surface area contributed by atoms with Crippen LogP contribution in [0, 0.1) is 0 Å². The van der Waals surface area contributed by atoms with Crippen molar-refractivity contribution in [3.8, 4) is 0 Å². The van der Waals surface area contributed by atoms with E-state index in [0.29, 0.717) is 19.5 Å². The molecular formula is C7H15NO2. The lowest BCUT2D eigenvalue weighted by molar-refractivity contribution is -0.00589. The number of hydrogen-bond donors (Lipinski definition) is 2. The molecule has 1 saturated heterocycles. The molecule has 3 nitrogen and oxygen atoms in total. The lowest BCUT2D eigenvalue weighted by Gasteiger charge is -2.32. The monoisotopic (exact) mass is 145 g/mol. The van der Waals surface area contributed by atoms with E-state index in [-0.39, 0.29) is 12.2 Å². The molecule has 1 aliphatic rings. The van der Waals surface area contributed by atoms with Gasteiger partial charge in [0.15, 0.2) is 0 Å². The Kier molecular flexibility index (Phi) is 2.65. The van der Waals surface area contributed by atoms with Crippen molar-refractivity contribution in [3.05, 3.63) is 0 Å². The summed E-state index contributed by atoms with van der Waals surface area (Å²) in [6, 6.07) is 0. The Morgan fingerprint density at radius 3 is 2.20 bits per heavy atom. The zero-order valence-electron chi connectivity index (χ0n) is 6.32. The second-order valence-corrected chi connectivity index (χ2v) is 2.90. The van der Waals surface area contributed by atoms with Gasteiger partial charge in [0.25, 0.3) is 0 Å². The van der Waals surface area contributed by atoms with Gasteiger partial charge in [0, 0.05) is 19.5 Å². The minimum atomic E-state index is -0.330. The van der Waals surface area contributed by atoms with Gasteiger partial charge in [-0.25, -0.2) is 0 Å². The van der Waals surface area contributed by atoms with Crippen LogP contribution in [0.25, 0.3) is 0 Å². The fourth-order valence-electron chi connectivity index (χ4n) is 1.39. The van der Waals surface area contributed by atoms with Crippen molar-refractivity contribution in [3.63, 3.8) is 0 Å². The lowest BCUT2D eigenvalue weighted by atomic mass is 10.1. The number of hydrogen-bond acceptors (Lipinski definition) is 3. The first kappa shape index (κ1) is 7.98. The minimum Gasteiger partial charge on any atom is -0.392 e. The topological polar surface area (TPSA) is 43.7 Å². The van der Waals surface area contributed by atoms with E-state index in [0.717, 1.165) is 6.54 Å². The first-order valence-electron chi connectivity index (χ1n) is 3.81. The van der Waals surface area contributed by atoms with Crippen LogP contribution in [0.3, 0.4) is 0 Å². The zero-order chi connectivity index (χ0) is 7.56. The van der Waals surface area contributed by atoms with Gasteiger partial charge in [0.05, 0.1) is 12.2 Å². The lowest BCUT2D eigenvalue weighted by Crippen LogP contribution is -2.45. The third-order valence-corrected chi connectivity index (χ3v) is 1.93. The maximum Gasteiger partial charge on any atom is 0.0692 e. The van der Waals surface area contributed by atoms with E-state index >= 15 is 0 Å². The Bertz CT molecular complexity index is 97.8. The molecule has 2 N–H and O–H groups in total. The van der Waals surface area contributed by atoms with E-state index < -0.39 is 0 Å². The predicted molar refractivity (Wildman–Crippen MR) is 38.7 cm³/mol. The molecule has 0 aromatic carbocycles. The molecule has 2 atom stereocenters. The minimum absolute atomic E-state index is 0.330. The highest BCUT2D eigenvalue weighted by atomic mass is 16.3. The van der Waals surface area contributed by atoms with Gasteiger partial charge < -0.3 is 10.2 Å². The summed E-state index contributed by atoms with van der Waals surface area (Å²) < 4.78 is 0. The van der Waals surface area contributed by atoms with Crippen molar-refractivity contribution in [2.75, 3.05) is 19.6 Å². The van der Waals surface area contributed by atoms with Gasteiger partial charge >= 0.3 is 0 Å². The highest BCUT2D eigenvalue weighted by molar-refractivity contribution is 4.76. The first-order chi connectivity index (χ1) is 4.72. The third-order valence-electron chi connectivity index (χ3n) is 1.93. The number of piperidine rings is 1. The molecule has 10 heavy (non-hydrogen) atoms. The van der Waals surface area contributed by atoms with Gasteiger partial charge in [-0.3, -0.25) is 4.90 Å². The molecule has 60 valence electrons. The van der Waals surface area contributed by atoms with Crippen molar-refractivity contribution in [1.29, 1.82) is 0 Å². The fourth-order valence-corrected chi connectivity index (χ4v) is 1.39. The second-order valence-electron chi connectivity index (χ2n) is 2.90.